The van der Waals surface area contributed by atoms with E-state index in [1.807, 2.05) is 49.4 Å². The Balaban J connectivity index is 2.14. The van der Waals surface area contributed by atoms with Gasteiger partial charge >= 0.3 is 0 Å². The summed E-state index contributed by atoms with van der Waals surface area (Å²) in [6.45, 7) is 3.40. The molecule has 2 aromatic carbocycles. The largest absolute Gasteiger partial charge is 0.369 e. The summed E-state index contributed by atoms with van der Waals surface area (Å²) in [7, 11) is 0. The first-order chi connectivity index (χ1) is 12.2. The van der Waals surface area contributed by atoms with Crippen molar-refractivity contribution in [2.75, 3.05) is 18.4 Å². The lowest BCUT2D eigenvalue weighted by Gasteiger charge is -2.12. The van der Waals surface area contributed by atoms with Crippen LogP contribution in [0.4, 0.5) is 5.82 Å². The number of fused-ring (bicyclic) bond motifs is 4. The number of benzene rings is 2. The zero-order valence-corrected chi connectivity index (χ0v) is 14.8. The smallest absolute Gasteiger partial charge is 0.196 e. The summed E-state index contributed by atoms with van der Waals surface area (Å²) in [5.74, 6) is 0.773. The molecule has 2 heterocycles. The summed E-state index contributed by atoms with van der Waals surface area (Å²) in [6, 6.07) is 13.7. The summed E-state index contributed by atoms with van der Waals surface area (Å²) in [5.41, 5.74) is 7.63. The summed E-state index contributed by atoms with van der Waals surface area (Å²) in [6.07, 6.45) is 0.859. The Labute approximate surface area is 149 Å². The molecule has 0 unspecified atom stereocenters. The van der Waals surface area contributed by atoms with Crippen molar-refractivity contribution in [3.63, 3.8) is 0 Å². The molecule has 25 heavy (non-hydrogen) atoms. The number of nitrogens with zero attached hydrogens (tertiary/aromatic N) is 1. The molecule has 0 bridgehead atoms. The Kier molecular flexibility index (Phi) is 4.11. The number of hydrogen-bond donors (Lipinski definition) is 2. The highest BCUT2D eigenvalue weighted by Crippen LogP contribution is 2.34. The molecule has 0 saturated heterocycles. The third-order valence-corrected chi connectivity index (χ3v) is 5.76. The van der Waals surface area contributed by atoms with Crippen molar-refractivity contribution in [3.05, 3.63) is 58.3 Å². The van der Waals surface area contributed by atoms with E-state index < -0.39 is 0 Å². The molecule has 0 aliphatic rings. The fraction of sp³-hybridized carbons (Fsp3) is 0.200. The molecule has 4 nitrogen and oxygen atoms in total. The Morgan fingerprint density at radius 2 is 1.88 bits per heavy atom. The van der Waals surface area contributed by atoms with Gasteiger partial charge in [0.05, 0.1) is 15.6 Å². The number of hydrogen-bond acceptors (Lipinski definition) is 5. The van der Waals surface area contributed by atoms with Crippen molar-refractivity contribution in [2.24, 2.45) is 5.73 Å². The summed E-state index contributed by atoms with van der Waals surface area (Å²) in [5, 5.41) is 5.81. The molecule has 5 heteroatoms. The lowest BCUT2D eigenvalue weighted by atomic mass is 10.1. The molecule has 0 spiro atoms. The van der Waals surface area contributed by atoms with Gasteiger partial charge in [0.25, 0.3) is 0 Å². The molecule has 0 atom stereocenters. The van der Waals surface area contributed by atoms with Crippen LogP contribution in [0.15, 0.2) is 47.3 Å². The van der Waals surface area contributed by atoms with Gasteiger partial charge < -0.3 is 11.1 Å². The highest BCUT2D eigenvalue weighted by Gasteiger charge is 2.15. The van der Waals surface area contributed by atoms with E-state index in [1.165, 1.54) is 0 Å². The molecule has 0 aliphatic carbocycles. The van der Waals surface area contributed by atoms with Gasteiger partial charge in [-0.2, -0.15) is 0 Å². The molecular formula is C20H19N3OS. The number of para-hydroxylation sites is 1. The van der Waals surface area contributed by atoms with Gasteiger partial charge in [-0.05, 0) is 37.6 Å². The van der Waals surface area contributed by atoms with Crippen molar-refractivity contribution >= 4 is 48.2 Å². The van der Waals surface area contributed by atoms with Crippen LogP contribution in [0.5, 0.6) is 0 Å². The molecule has 0 fully saturated rings. The van der Waals surface area contributed by atoms with Crippen LogP contribution in [0.25, 0.3) is 31.1 Å². The van der Waals surface area contributed by atoms with E-state index in [1.54, 1.807) is 11.3 Å². The highest BCUT2D eigenvalue weighted by atomic mass is 32.1. The third-order valence-electron chi connectivity index (χ3n) is 4.41. The first kappa shape index (κ1) is 16.0. The van der Waals surface area contributed by atoms with Gasteiger partial charge in [0.1, 0.15) is 5.82 Å². The molecule has 126 valence electrons. The van der Waals surface area contributed by atoms with Crippen molar-refractivity contribution in [1.29, 1.82) is 0 Å². The second-order valence-electron chi connectivity index (χ2n) is 6.13. The number of aryl methyl sites for hydroxylation is 1. The zero-order valence-electron chi connectivity index (χ0n) is 14.0. The first-order valence-electron chi connectivity index (χ1n) is 8.39. The van der Waals surface area contributed by atoms with Crippen LogP contribution in [-0.2, 0) is 0 Å². The van der Waals surface area contributed by atoms with Crippen LogP contribution in [0.3, 0.4) is 0 Å². The van der Waals surface area contributed by atoms with Gasteiger partial charge in [0.15, 0.2) is 5.43 Å². The molecule has 4 rings (SSSR count). The summed E-state index contributed by atoms with van der Waals surface area (Å²) in [4.78, 5) is 18.0. The van der Waals surface area contributed by atoms with E-state index in [-0.39, 0.29) is 5.43 Å². The normalized spacial score (nSPS) is 11.4. The van der Waals surface area contributed by atoms with Crippen LogP contribution in [0.1, 0.15) is 12.0 Å². The second kappa shape index (κ2) is 6.43. The number of nitrogens with two attached hydrogens (primary N) is 1. The average Bonchev–Trinajstić information content (AvgIpc) is 2.63. The number of nitrogens with one attached hydrogen (secondary N) is 1. The van der Waals surface area contributed by atoms with Gasteiger partial charge in [0, 0.05) is 22.0 Å². The molecule has 3 N–H and O–H groups in total. The number of aromatic nitrogens is 1. The van der Waals surface area contributed by atoms with Crippen LogP contribution < -0.4 is 16.5 Å². The maximum Gasteiger partial charge on any atom is 0.196 e. The zero-order chi connectivity index (χ0) is 17.4. The van der Waals surface area contributed by atoms with Crippen LogP contribution in [0.2, 0.25) is 0 Å². The quantitative estimate of drug-likeness (QED) is 0.332. The Morgan fingerprint density at radius 1 is 1.08 bits per heavy atom. The fourth-order valence-electron chi connectivity index (χ4n) is 3.15. The van der Waals surface area contributed by atoms with Gasteiger partial charge in [0.2, 0.25) is 0 Å². The van der Waals surface area contributed by atoms with E-state index in [9.17, 15) is 4.79 Å². The Bertz CT molecular complexity index is 1150. The highest BCUT2D eigenvalue weighted by molar-refractivity contribution is 7.25. The standard InChI is InChI=1S/C20H19N3OS/c1-12-6-4-8-14-17(24)16-13-7-2-3-9-15(13)23-20(22-11-5-10-21)19(16)25-18(12)14/h2-4,6-9H,5,10-11,21H2,1H3,(H,22,23). The van der Waals surface area contributed by atoms with E-state index in [4.69, 9.17) is 10.7 Å². The van der Waals surface area contributed by atoms with Crippen molar-refractivity contribution in [3.8, 4) is 0 Å². The molecular weight excluding hydrogens is 330 g/mol. The SMILES string of the molecule is Cc1cccc2c(=O)c3c(sc12)c(NCCCN)nc1ccccc13. The number of pyridine rings is 1. The molecule has 4 aromatic rings. The van der Waals surface area contributed by atoms with E-state index in [0.29, 0.717) is 6.54 Å². The molecule has 0 radical (unpaired) electrons. The second-order valence-corrected chi connectivity index (χ2v) is 7.15. The molecule has 0 aliphatic heterocycles. The Hall–Kier alpha value is -2.50. The minimum Gasteiger partial charge on any atom is -0.369 e. The minimum atomic E-state index is 0.0768. The minimum absolute atomic E-state index is 0.0768. The monoisotopic (exact) mass is 349 g/mol. The third kappa shape index (κ3) is 2.65. The lowest BCUT2D eigenvalue weighted by Crippen LogP contribution is -2.11. The fourth-order valence-corrected chi connectivity index (χ4v) is 4.37. The predicted molar refractivity (Wildman–Crippen MR) is 108 cm³/mol. The number of anilines is 1. The maximum absolute atomic E-state index is 13.3. The van der Waals surface area contributed by atoms with Crippen molar-refractivity contribution < 1.29 is 0 Å². The van der Waals surface area contributed by atoms with Gasteiger partial charge in [-0.15, -0.1) is 11.3 Å². The Morgan fingerprint density at radius 3 is 2.72 bits per heavy atom. The van der Waals surface area contributed by atoms with Gasteiger partial charge in [-0.3, -0.25) is 4.79 Å². The maximum atomic E-state index is 13.3. The topological polar surface area (TPSA) is 68.0 Å². The van der Waals surface area contributed by atoms with E-state index >= 15 is 0 Å². The van der Waals surface area contributed by atoms with Crippen molar-refractivity contribution in [2.45, 2.75) is 13.3 Å². The molecule has 0 amide bonds. The van der Waals surface area contributed by atoms with Crippen LogP contribution >= 0.6 is 11.3 Å². The average molecular weight is 349 g/mol. The summed E-state index contributed by atoms with van der Waals surface area (Å²) < 4.78 is 1.95. The van der Waals surface area contributed by atoms with Crippen molar-refractivity contribution in [1.82, 2.24) is 4.98 Å². The van der Waals surface area contributed by atoms with Crippen LogP contribution in [0, 0.1) is 6.92 Å². The predicted octanol–water partition coefficient (Wildman–Crippen LogP) is 4.03. The van der Waals surface area contributed by atoms with E-state index in [0.717, 1.165) is 55.4 Å². The van der Waals surface area contributed by atoms with E-state index in [2.05, 4.69) is 5.32 Å². The number of rotatable bonds is 4. The van der Waals surface area contributed by atoms with Crippen LogP contribution in [-0.4, -0.2) is 18.1 Å². The first-order valence-corrected chi connectivity index (χ1v) is 9.21. The summed E-state index contributed by atoms with van der Waals surface area (Å²) >= 11 is 1.64. The van der Waals surface area contributed by atoms with Gasteiger partial charge in [-0.1, -0.05) is 30.3 Å². The molecule has 2 aromatic heterocycles. The lowest BCUT2D eigenvalue weighted by molar-refractivity contribution is 0.872. The van der Waals surface area contributed by atoms with Gasteiger partial charge in [-0.25, -0.2) is 4.98 Å². The molecule has 0 saturated carbocycles.